The molecule has 0 atom stereocenters. The van der Waals surface area contributed by atoms with Crippen LogP contribution in [0.2, 0.25) is 0 Å². The van der Waals surface area contributed by atoms with Gasteiger partial charge >= 0.3 is 135 Å². The Balaban J connectivity index is 2.04. The van der Waals surface area contributed by atoms with E-state index >= 15 is 0 Å². The summed E-state index contributed by atoms with van der Waals surface area (Å²) < 4.78 is 12.8. The van der Waals surface area contributed by atoms with E-state index in [-0.39, 0.29) is 0 Å². The molecular weight excluding hydrogens is 305 g/mol. The van der Waals surface area contributed by atoms with Crippen molar-refractivity contribution in [3.8, 4) is 5.75 Å². The van der Waals surface area contributed by atoms with Crippen molar-refractivity contribution in [1.82, 2.24) is 0 Å². The molecule has 0 saturated heterocycles. The normalized spacial score (nSPS) is 18.7. The number of benzene rings is 3. The van der Waals surface area contributed by atoms with Crippen molar-refractivity contribution in [1.29, 1.82) is 0 Å². The molecule has 0 fully saturated rings. The number of rotatable bonds is 3. The average Bonchev–Trinajstić information content (AvgIpc) is 3.01. The summed E-state index contributed by atoms with van der Waals surface area (Å²) in [7, 11) is -1.74. The standard InChI is InChI=1S/C19H18NO2P/c1-21-23(16-10-4-2-5-11-16,17-12-6-3-7-13-17)20-18-14-8-9-15-19(18)22-23/h2-15,20H,1H3. The molecule has 0 bridgehead atoms. The molecule has 0 radical (unpaired) electrons. The molecule has 116 valence electrons. The first-order valence-electron chi connectivity index (χ1n) is 7.55. The molecule has 3 nitrogen and oxygen atoms in total. The van der Waals surface area contributed by atoms with Crippen LogP contribution < -0.4 is 20.2 Å². The van der Waals surface area contributed by atoms with Crippen molar-refractivity contribution in [2.75, 3.05) is 12.2 Å². The third-order valence-electron chi connectivity index (χ3n) is 4.28. The van der Waals surface area contributed by atoms with Gasteiger partial charge < -0.3 is 0 Å². The number of anilines is 1. The van der Waals surface area contributed by atoms with Crippen LogP contribution in [0.25, 0.3) is 0 Å². The molecule has 0 aliphatic carbocycles. The molecule has 4 heteroatoms. The molecule has 0 unspecified atom stereocenters. The van der Waals surface area contributed by atoms with Gasteiger partial charge in [0.2, 0.25) is 0 Å². The summed E-state index contributed by atoms with van der Waals surface area (Å²) in [6, 6.07) is 28.3. The maximum atomic E-state index is 6.60. The molecule has 3 aromatic rings. The summed E-state index contributed by atoms with van der Waals surface area (Å²) >= 11 is 0. The van der Waals surface area contributed by atoms with Crippen LogP contribution in [0.3, 0.4) is 0 Å². The van der Waals surface area contributed by atoms with Gasteiger partial charge in [-0.15, -0.1) is 0 Å². The Bertz CT molecular complexity index is 768. The predicted molar refractivity (Wildman–Crippen MR) is 96.8 cm³/mol. The summed E-state index contributed by atoms with van der Waals surface area (Å²) in [5.74, 6) is 0.819. The van der Waals surface area contributed by atoms with Crippen molar-refractivity contribution in [2.45, 2.75) is 0 Å². The van der Waals surface area contributed by atoms with E-state index in [0.717, 1.165) is 22.0 Å². The summed E-state index contributed by atoms with van der Waals surface area (Å²) in [6.07, 6.45) is 0. The fourth-order valence-electron chi connectivity index (χ4n) is 3.14. The van der Waals surface area contributed by atoms with Gasteiger partial charge in [0.1, 0.15) is 0 Å². The molecule has 1 aliphatic rings. The Morgan fingerprint density at radius 1 is 0.739 bits per heavy atom. The Morgan fingerprint density at radius 2 is 1.26 bits per heavy atom. The number of para-hydroxylation sites is 2. The van der Waals surface area contributed by atoms with Gasteiger partial charge in [0.15, 0.2) is 0 Å². The molecule has 3 aromatic carbocycles. The van der Waals surface area contributed by atoms with Crippen molar-refractivity contribution in [2.24, 2.45) is 0 Å². The van der Waals surface area contributed by atoms with Crippen LogP contribution in [0.4, 0.5) is 5.69 Å². The summed E-state index contributed by atoms with van der Waals surface area (Å²) in [5, 5.41) is 5.66. The number of hydrogen-bond donors (Lipinski definition) is 1. The number of fused-ring (bicyclic) bond motifs is 1. The second kappa shape index (κ2) is 5.09. The second-order valence-corrected chi connectivity index (χ2v) is 9.23. The zero-order chi connectivity index (χ0) is 15.8. The Morgan fingerprint density at radius 3 is 1.78 bits per heavy atom. The monoisotopic (exact) mass is 323 g/mol. The SMILES string of the molecule is COP1(c2ccccc2)(c2ccccc2)Nc2ccccc2O1. The van der Waals surface area contributed by atoms with E-state index in [9.17, 15) is 0 Å². The Kier molecular flexibility index (Phi) is 3.15. The van der Waals surface area contributed by atoms with Crippen LogP contribution in [0, 0.1) is 0 Å². The Labute approximate surface area is 136 Å². The third kappa shape index (κ3) is 1.91. The van der Waals surface area contributed by atoms with Gasteiger partial charge in [-0.1, -0.05) is 0 Å². The topological polar surface area (TPSA) is 30.5 Å². The molecule has 23 heavy (non-hydrogen) atoms. The minimum absolute atomic E-state index is 0.819. The van der Waals surface area contributed by atoms with E-state index in [1.807, 2.05) is 60.7 Å². The zero-order valence-electron chi connectivity index (χ0n) is 12.8. The third-order valence-corrected chi connectivity index (χ3v) is 8.64. The fourth-order valence-corrected chi connectivity index (χ4v) is 7.13. The average molecular weight is 323 g/mol. The van der Waals surface area contributed by atoms with E-state index in [4.69, 9.17) is 9.05 Å². The van der Waals surface area contributed by atoms with E-state index < -0.39 is 7.21 Å². The fraction of sp³-hybridized carbons (Fsp3) is 0.0526. The van der Waals surface area contributed by atoms with Crippen LogP contribution in [0.15, 0.2) is 84.9 Å². The first kappa shape index (κ1) is 14.3. The molecule has 0 spiro atoms. The van der Waals surface area contributed by atoms with Gasteiger partial charge in [0.05, 0.1) is 0 Å². The molecule has 1 aliphatic heterocycles. The summed E-state index contributed by atoms with van der Waals surface area (Å²) in [6.45, 7) is 0. The summed E-state index contributed by atoms with van der Waals surface area (Å²) in [5.41, 5.74) is 0.958. The van der Waals surface area contributed by atoms with Crippen molar-refractivity contribution in [3.05, 3.63) is 84.9 Å². The van der Waals surface area contributed by atoms with Gasteiger partial charge in [-0.25, -0.2) is 0 Å². The van der Waals surface area contributed by atoms with E-state index in [1.54, 1.807) is 7.11 Å². The molecule has 1 N–H and O–H groups in total. The van der Waals surface area contributed by atoms with Crippen LogP contribution >= 0.6 is 7.21 Å². The second-order valence-electron chi connectivity index (χ2n) is 5.51. The van der Waals surface area contributed by atoms with Crippen LogP contribution in [0.1, 0.15) is 0 Å². The van der Waals surface area contributed by atoms with Crippen LogP contribution in [-0.4, -0.2) is 7.11 Å². The van der Waals surface area contributed by atoms with E-state index in [1.165, 1.54) is 0 Å². The number of hydrogen-bond acceptors (Lipinski definition) is 3. The molecule has 0 amide bonds. The molecular formula is C19H18NO2P. The molecule has 0 saturated carbocycles. The number of nitrogens with one attached hydrogen (secondary N) is 1. The molecule has 1 heterocycles. The minimum atomic E-state index is -3.46. The van der Waals surface area contributed by atoms with Gasteiger partial charge in [-0.3, -0.25) is 0 Å². The van der Waals surface area contributed by atoms with E-state index in [2.05, 4.69) is 29.4 Å². The first-order valence-corrected chi connectivity index (χ1v) is 9.62. The van der Waals surface area contributed by atoms with Gasteiger partial charge in [-0.05, 0) is 0 Å². The summed E-state index contributed by atoms with van der Waals surface area (Å²) in [4.78, 5) is 0. The quantitative estimate of drug-likeness (QED) is 0.737. The van der Waals surface area contributed by atoms with Crippen molar-refractivity contribution >= 4 is 23.5 Å². The van der Waals surface area contributed by atoms with Gasteiger partial charge in [0, 0.05) is 0 Å². The Hall–Kier alpha value is -2.35. The van der Waals surface area contributed by atoms with E-state index in [0.29, 0.717) is 0 Å². The van der Waals surface area contributed by atoms with Crippen LogP contribution in [-0.2, 0) is 4.52 Å². The molecule has 4 rings (SSSR count). The van der Waals surface area contributed by atoms with Crippen LogP contribution in [0.5, 0.6) is 5.75 Å². The van der Waals surface area contributed by atoms with Crippen molar-refractivity contribution < 1.29 is 9.05 Å². The predicted octanol–water partition coefficient (Wildman–Crippen LogP) is 4.09. The van der Waals surface area contributed by atoms with Gasteiger partial charge in [0.25, 0.3) is 0 Å². The molecule has 0 aromatic heterocycles. The zero-order valence-corrected chi connectivity index (χ0v) is 13.7. The first-order chi connectivity index (χ1) is 11.3. The van der Waals surface area contributed by atoms with Crippen molar-refractivity contribution in [3.63, 3.8) is 0 Å². The van der Waals surface area contributed by atoms with Gasteiger partial charge in [-0.2, -0.15) is 0 Å². The maximum absolute atomic E-state index is 6.60.